The average molecular weight is 219 g/mol. The lowest BCUT2D eigenvalue weighted by molar-refractivity contribution is 0.234. The van der Waals surface area contributed by atoms with Crippen LogP contribution in [0.3, 0.4) is 0 Å². The zero-order chi connectivity index (χ0) is 11.6. The van der Waals surface area contributed by atoms with E-state index in [1.54, 1.807) is 0 Å². The number of rotatable bonds is 3. The summed E-state index contributed by atoms with van der Waals surface area (Å²) in [5, 5.41) is 26.5. The number of hydrogen-bond acceptors (Lipinski definition) is 12. The molecule has 1 aromatic rings. The van der Waals surface area contributed by atoms with Crippen molar-refractivity contribution >= 4 is 17.8 Å². The lowest BCUT2D eigenvalue weighted by Gasteiger charge is -2.14. The molecule has 0 aliphatic heterocycles. The minimum Gasteiger partial charge on any atom is -0.270 e. The molecule has 0 amide bonds. The van der Waals surface area contributed by atoms with E-state index in [-0.39, 0.29) is 15.5 Å². The molecular weight excluding hydrogens is 210 g/mol. The maximum absolute atomic E-state index is 8.81. The Bertz CT molecular complexity index is 275. The molecule has 15 heavy (non-hydrogen) atoms. The van der Waals surface area contributed by atoms with Gasteiger partial charge in [-0.2, -0.15) is 30.5 Å². The van der Waals surface area contributed by atoms with E-state index in [2.05, 4.69) is 15.0 Å². The summed E-state index contributed by atoms with van der Waals surface area (Å²) in [6.45, 7) is 0. The number of aromatic nitrogens is 3. The number of hydrazine groups is 3. The van der Waals surface area contributed by atoms with Gasteiger partial charge in [0.15, 0.2) is 0 Å². The van der Waals surface area contributed by atoms with Crippen LogP contribution in [0.2, 0.25) is 0 Å². The molecule has 84 valence electrons. The summed E-state index contributed by atoms with van der Waals surface area (Å²) in [6.07, 6.45) is 0. The lowest BCUT2D eigenvalue weighted by atomic mass is 10.8. The van der Waals surface area contributed by atoms with Crippen LogP contribution in [0.5, 0.6) is 0 Å². The Balaban J connectivity index is 3.20. The first kappa shape index (κ1) is 11.2. The second-order valence-electron chi connectivity index (χ2n) is 2.27. The van der Waals surface area contributed by atoms with Gasteiger partial charge in [-0.15, -0.1) is 0 Å². The van der Waals surface area contributed by atoms with Crippen molar-refractivity contribution in [2.75, 3.05) is 15.5 Å². The highest BCUT2D eigenvalue weighted by atomic mass is 16.5. The van der Waals surface area contributed by atoms with Gasteiger partial charge in [-0.1, -0.05) is 0 Å². The van der Waals surface area contributed by atoms with Gasteiger partial charge in [0.05, 0.1) is 0 Å². The molecule has 0 unspecified atom stereocenters. The zero-order valence-corrected chi connectivity index (χ0v) is 7.26. The molecular formula is C3H9N9O3. The van der Waals surface area contributed by atoms with Crippen LogP contribution in [-0.4, -0.2) is 30.6 Å². The molecule has 1 rings (SSSR count). The van der Waals surface area contributed by atoms with Crippen molar-refractivity contribution in [2.45, 2.75) is 0 Å². The van der Waals surface area contributed by atoms with E-state index in [1.807, 2.05) is 0 Å². The molecule has 12 heteroatoms. The topological polar surface area (TPSA) is 187 Å². The second kappa shape index (κ2) is 4.13. The van der Waals surface area contributed by atoms with Gasteiger partial charge in [0.1, 0.15) is 0 Å². The lowest BCUT2D eigenvalue weighted by Crippen LogP contribution is -2.35. The Morgan fingerprint density at radius 3 is 1.00 bits per heavy atom. The van der Waals surface area contributed by atoms with Gasteiger partial charge in [0, 0.05) is 0 Å². The molecule has 0 bridgehead atoms. The summed E-state index contributed by atoms with van der Waals surface area (Å²) < 4.78 is 0. The molecule has 0 atom stereocenters. The molecule has 12 nitrogen and oxygen atoms in total. The maximum Gasteiger partial charge on any atom is 0.271 e. The van der Waals surface area contributed by atoms with Crippen molar-refractivity contribution in [1.29, 1.82) is 0 Å². The van der Waals surface area contributed by atoms with Crippen LogP contribution >= 0.6 is 0 Å². The summed E-state index contributed by atoms with van der Waals surface area (Å²) >= 11 is 0. The molecule has 0 aromatic carbocycles. The van der Waals surface area contributed by atoms with E-state index in [9.17, 15) is 0 Å². The van der Waals surface area contributed by atoms with Crippen molar-refractivity contribution in [3.63, 3.8) is 0 Å². The van der Waals surface area contributed by atoms with Crippen LogP contribution in [0.1, 0.15) is 0 Å². The molecule has 0 saturated heterocycles. The van der Waals surface area contributed by atoms with Crippen molar-refractivity contribution in [2.24, 2.45) is 17.5 Å². The molecule has 1 aromatic heterocycles. The summed E-state index contributed by atoms with van der Waals surface area (Å²) in [4.78, 5) is 10.2. The minimum atomic E-state index is -0.482. The van der Waals surface area contributed by atoms with Gasteiger partial charge in [-0.25, -0.2) is 17.5 Å². The monoisotopic (exact) mass is 219 g/mol. The average Bonchev–Trinajstić information content (AvgIpc) is 2.16. The van der Waals surface area contributed by atoms with E-state index >= 15 is 0 Å². The summed E-state index contributed by atoms with van der Waals surface area (Å²) in [6, 6.07) is 0. The van der Waals surface area contributed by atoms with Crippen molar-refractivity contribution in [3.05, 3.63) is 0 Å². The maximum atomic E-state index is 8.81. The Kier molecular flexibility index (Phi) is 3.10. The molecule has 0 aliphatic carbocycles. The third kappa shape index (κ3) is 2.56. The number of nitrogens with zero attached hydrogens (tertiary/aromatic N) is 6. The minimum absolute atomic E-state index is 0.0294. The third-order valence-corrected chi connectivity index (χ3v) is 1.21. The van der Waals surface area contributed by atoms with Crippen molar-refractivity contribution in [1.82, 2.24) is 15.0 Å². The van der Waals surface area contributed by atoms with Gasteiger partial charge in [0.2, 0.25) is 0 Å². The fourth-order valence-corrected chi connectivity index (χ4v) is 0.651. The highest BCUT2D eigenvalue weighted by molar-refractivity contribution is 5.40. The van der Waals surface area contributed by atoms with Gasteiger partial charge >= 0.3 is 0 Å². The van der Waals surface area contributed by atoms with Crippen LogP contribution in [0.15, 0.2) is 0 Å². The highest BCUT2D eigenvalue weighted by Crippen LogP contribution is 2.12. The summed E-state index contributed by atoms with van der Waals surface area (Å²) in [5.41, 5.74) is 0. The molecule has 9 N–H and O–H groups in total. The van der Waals surface area contributed by atoms with Gasteiger partial charge in [-0.05, 0) is 0 Å². The van der Waals surface area contributed by atoms with Crippen LogP contribution in [0, 0.1) is 0 Å². The van der Waals surface area contributed by atoms with Crippen molar-refractivity contribution in [3.8, 4) is 0 Å². The molecule has 0 aliphatic rings. The quantitative estimate of drug-likeness (QED) is 0.225. The first-order chi connectivity index (χ1) is 6.91. The van der Waals surface area contributed by atoms with E-state index in [0.717, 1.165) is 0 Å². The highest BCUT2D eigenvalue weighted by Gasteiger charge is 2.14. The van der Waals surface area contributed by atoms with Crippen LogP contribution in [0.4, 0.5) is 17.8 Å². The van der Waals surface area contributed by atoms with Crippen LogP contribution in [-0.2, 0) is 0 Å². The molecule has 0 saturated carbocycles. The number of nitrogens with two attached hydrogens (primary N) is 3. The fourth-order valence-electron chi connectivity index (χ4n) is 0.651. The number of anilines is 3. The van der Waals surface area contributed by atoms with Crippen molar-refractivity contribution < 1.29 is 15.6 Å². The molecule has 0 spiro atoms. The smallest absolute Gasteiger partial charge is 0.270 e. The second-order valence-corrected chi connectivity index (χ2v) is 2.27. The molecule has 1 heterocycles. The predicted octanol–water partition coefficient (Wildman–Crippen LogP) is -2.92. The Hall–Kier alpha value is -1.83. The van der Waals surface area contributed by atoms with Crippen LogP contribution in [0.25, 0.3) is 0 Å². The van der Waals surface area contributed by atoms with E-state index in [1.165, 1.54) is 0 Å². The Labute approximate surface area is 82.5 Å². The largest absolute Gasteiger partial charge is 0.271 e. The third-order valence-electron chi connectivity index (χ3n) is 1.21. The zero-order valence-electron chi connectivity index (χ0n) is 7.26. The standard InChI is InChI=1S/C3H9N9O3/c4-10(13)1-7-2(11(5)14)9-3(8-1)12(6)15/h13-15H,4-6H2. The SMILES string of the molecule is NN(O)c1nc(N(N)O)nc(N(N)O)n1. The van der Waals surface area contributed by atoms with Crippen LogP contribution < -0.4 is 33.0 Å². The Morgan fingerprint density at radius 1 is 0.667 bits per heavy atom. The van der Waals surface area contributed by atoms with E-state index < -0.39 is 17.8 Å². The molecule has 0 fully saturated rings. The predicted molar refractivity (Wildman–Crippen MR) is 45.2 cm³/mol. The van der Waals surface area contributed by atoms with Gasteiger partial charge in [-0.3, -0.25) is 15.6 Å². The fraction of sp³-hybridized carbons (Fsp3) is 0. The van der Waals surface area contributed by atoms with E-state index in [0.29, 0.717) is 0 Å². The first-order valence-corrected chi connectivity index (χ1v) is 3.39. The molecule has 0 radical (unpaired) electrons. The first-order valence-electron chi connectivity index (χ1n) is 3.39. The Morgan fingerprint density at radius 2 is 0.867 bits per heavy atom. The van der Waals surface area contributed by atoms with Gasteiger partial charge < -0.3 is 0 Å². The summed E-state index contributed by atoms with van der Waals surface area (Å²) in [5.74, 6) is 13.3. The van der Waals surface area contributed by atoms with Gasteiger partial charge in [0.25, 0.3) is 17.8 Å². The van der Waals surface area contributed by atoms with E-state index in [4.69, 9.17) is 33.1 Å². The summed E-state index contributed by atoms with van der Waals surface area (Å²) in [7, 11) is 0. The normalized spacial score (nSPS) is 10.0. The number of hydrogen-bond donors (Lipinski definition) is 6.